The number of phosphoric ester groups is 2. The second-order valence-electron chi connectivity index (χ2n) is 29.3. The van der Waals surface area contributed by atoms with E-state index in [1.54, 1.807) is 0 Å². The minimum Gasteiger partial charge on any atom is -0.462 e. The molecule has 0 aromatic heterocycles. The van der Waals surface area contributed by atoms with Crippen molar-refractivity contribution in [2.24, 2.45) is 5.92 Å². The fourth-order valence-corrected chi connectivity index (χ4v) is 14.0. The van der Waals surface area contributed by atoms with Gasteiger partial charge in [-0.05, 0) is 31.6 Å². The van der Waals surface area contributed by atoms with Gasteiger partial charge in [-0.1, -0.05) is 375 Å². The molecule has 0 saturated carbocycles. The van der Waals surface area contributed by atoms with E-state index in [0.29, 0.717) is 25.7 Å². The lowest BCUT2D eigenvalue weighted by Gasteiger charge is -2.21. The Hall–Kier alpha value is -1.94. The molecule has 0 heterocycles. The van der Waals surface area contributed by atoms with Crippen LogP contribution in [0.2, 0.25) is 0 Å². The summed E-state index contributed by atoms with van der Waals surface area (Å²) in [5, 5.41) is 10.6. The molecule has 0 amide bonds. The maximum atomic E-state index is 13.1. The van der Waals surface area contributed by atoms with Crippen LogP contribution in [-0.4, -0.2) is 96.7 Å². The van der Waals surface area contributed by atoms with Crippen LogP contribution in [0.1, 0.15) is 426 Å². The smallest absolute Gasteiger partial charge is 0.462 e. The molecule has 0 aromatic carbocycles. The molecule has 5 atom stereocenters. The van der Waals surface area contributed by atoms with Crippen molar-refractivity contribution in [1.29, 1.82) is 0 Å². The van der Waals surface area contributed by atoms with Crippen LogP contribution in [0.25, 0.3) is 0 Å². The largest absolute Gasteiger partial charge is 0.472 e. The summed E-state index contributed by atoms with van der Waals surface area (Å²) < 4.78 is 68.7. The molecule has 0 aliphatic carbocycles. The van der Waals surface area contributed by atoms with Gasteiger partial charge in [0.1, 0.15) is 19.3 Å². The summed E-state index contributed by atoms with van der Waals surface area (Å²) in [6.07, 6.45) is 63.6. The van der Waals surface area contributed by atoms with Crippen LogP contribution >= 0.6 is 15.6 Å². The van der Waals surface area contributed by atoms with Gasteiger partial charge in [0.25, 0.3) is 0 Å². The van der Waals surface area contributed by atoms with Gasteiger partial charge in [0, 0.05) is 25.7 Å². The van der Waals surface area contributed by atoms with Gasteiger partial charge in [-0.15, -0.1) is 0 Å². The fourth-order valence-electron chi connectivity index (χ4n) is 12.4. The average Bonchev–Trinajstić information content (AvgIpc) is 1.17. The summed E-state index contributed by atoms with van der Waals surface area (Å²) >= 11 is 0. The molecular formula is C80H156O17P2. The van der Waals surface area contributed by atoms with Gasteiger partial charge in [0.2, 0.25) is 0 Å². The normalized spacial score (nSPS) is 13.9. The lowest BCUT2D eigenvalue weighted by molar-refractivity contribution is -0.161. The summed E-state index contributed by atoms with van der Waals surface area (Å²) in [6, 6.07) is 0. The van der Waals surface area contributed by atoms with Crippen LogP contribution in [-0.2, 0) is 65.4 Å². The minimum absolute atomic E-state index is 0.108. The minimum atomic E-state index is -4.96. The maximum Gasteiger partial charge on any atom is 0.472 e. The Labute approximate surface area is 607 Å². The number of rotatable bonds is 80. The van der Waals surface area contributed by atoms with Gasteiger partial charge >= 0.3 is 39.5 Å². The first-order valence-corrected chi connectivity index (χ1v) is 44.6. The number of unbranched alkanes of at least 4 members (excludes halogenated alkanes) is 52. The van der Waals surface area contributed by atoms with Crippen LogP contribution in [0.5, 0.6) is 0 Å². The zero-order valence-corrected chi connectivity index (χ0v) is 66.4. The molecule has 0 rings (SSSR count). The van der Waals surface area contributed by atoms with E-state index in [1.807, 2.05) is 0 Å². The quantitative estimate of drug-likeness (QED) is 0.0222. The third-order valence-electron chi connectivity index (χ3n) is 18.8. The molecule has 0 radical (unpaired) electrons. The Morgan fingerprint density at radius 1 is 0.273 bits per heavy atom. The first kappa shape index (κ1) is 97.1. The highest BCUT2D eigenvalue weighted by Crippen LogP contribution is 2.45. The van der Waals surface area contributed by atoms with E-state index in [1.165, 1.54) is 250 Å². The topological polar surface area (TPSA) is 237 Å². The molecule has 19 heteroatoms. The average molecular weight is 1450 g/mol. The molecule has 0 aliphatic heterocycles. The molecule has 3 N–H and O–H groups in total. The van der Waals surface area contributed by atoms with Gasteiger partial charge in [0.15, 0.2) is 12.2 Å². The summed E-state index contributed by atoms with van der Waals surface area (Å²) in [6.45, 7) is 7.35. The Morgan fingerprint density at radius 2 is 0.465 bits per heavy atom. The van der Waals surface area contributed by atoms with Crippen LogP contribution in [0.3, 0.4) is 0 Å². The second-order valence-corrected chi connectivity index (χ2v) is 32.2. The first-order valence-electron chi connectivity index (χ1n) is 41.6. The summed E-state index contributed by atoms with van der Waals surface area (Å²) in [5.74, 6) is -1.31. The summed E-state index contributed by atoms with van der Waals surface area (Å²) in [4.78, 5) is 73.0. The number of hydrogen-bond acceptors (Lipinski definition) is 15. The predicted octanol–water partition coefficient (Wildman–Crippen LogP) is 24.0. The van der Waals surface area contributed by atoms with E-state index < -0.39 is 97.5 Å². The number of ether oxygens (including phenoxy) is 4. The number of hydrogen-bond donors (Lipinski definition) is 3. The number of aliphatic hydroxyl groups excluding tert-OH is 1. The lowest BCUT2D eigenvalue weighted by Crippen LogP contribution is -2.30. The van der Waals surface area contributed by atoms with E-state index in [0.717, 1.165) is 95.8 Å². The molecule has 2 unspecified atom stereocenters. The third-order valence-corrected chi connectivity index (χ3v) is 20.7. The van der Waals surface area contributed by atoms with Crippen molar-refractivity contribution in [2.75, 3.05) is 39.6 Å². The Kier molecular flexibility index (Phi) is 71.6. The standard InChI is InChI=1S/C80H156O17P2/c1-6-9-12-15-18-21-24-27-28-29-30-35-39-44-49-54-59-64-78(83)91-70-76(97-80(85)66-61-56-51-46-41-36-32-31-34-37-42-47-52-57-62-73(4)5)72-95-99(88,89)93-68-74(81)67-92-98(86,87)94-71-75(69-90-77(82)63-58-53-48-43-38-26-23-20-17-14-11-8-3)96-79(84)65-60-55-50-45-40-33-25-22-19-16-13-10-7-2/h73-76,81H,6-72H2,1-5H3,(H,86,87)(H,88,89)/t74-,75+,76+/m0/s1. The monoisotopic (exact) mass is 1450 g/mol. The number of phosphoric acid groups is 2. The number of carbonyl (C=O) groups is 4. The summed E-state index contributed by atoms with van der Waals surface area (Å²) in [5.41, 5.74) is 0. The highest BCUT2D eigenvalue weighted by atomic mass is 31.2. The maximum absolute atomic E-state index is 13.1. The Balaban J connectivity index is 5.25. The van der Waals surface area contributed by atoms with E-state index in [9.17, 15) is 43.2 Å². The van der Waals surface area contributed by atoms with Gasteiger partial charge < -0.3 is 33.8 Å². The van der Waals surface area contributed by atoms with Crippen molar-refractivity contribution >= 4 is 39.5 Å². The van der Waals surface area contributed by atoms with Crippen molar-refractivity contribution in [3.63, 3.8) is 0 Å². The Morgan fingerprint density at radius 3 is 0.687 bits per heavy atom. The third kappa shape index (κ3) is 74.1. The van der Waals surface area contributed by atoms with Crippen molar-refractivity contribution in [2.45, 2.75) is 445 Å². The number of esters is 4. The molecule has 0 saturated heterocycles. The summed E-state index contributed by atoms with van der Waals surface area (Å²) in [7, 11) is -9.92. The van der Waals surface area contributed by atoms with Crippen LogP contribution in [0.4, 0.5) is 0 Å². The zero-order chi connectivity index (χ0) is 72.7. The molecule has 0 bridgehead atoms. The van der Waals surface area contributed by atoms with Crippen molar-refractivity contribution in [1.82, 2.24) is 0 Å². The molecule has 0 spiro atoms. The van der Waals surface area contributed by atoms with Crippen LogP contribution in [0.15, 0.2) is 0 Å². The van der Waals surface area contributed by atoms with Crippen molar-refractivity contribution in [3.8, 4) is 0 Å². The van der Waals surface area contributed by atoms with E-state index in [-0.39, 0.29) is 25.7 Å². The van der Waals surface area contributed by atoms with Gasteiger partial charge in [-0.25, -0.2) is 9.13 Å². The zero-order valence-electron chi connectivity index (χ0n) is 64.6. The van der Waals surface area contributed by atoms with Crippen LogP contribution in [0, 0.1) is 5.92 Å². The molecule has 17 nitrogen and oxygen atoms in total. The Bertz CT molecular complexity index is 1890. The van der Waals surface area contributed by atoms with Crippen LogP contribution < -0.4 is 0 Å². The SMILES string of the molecule is CCCCCCCCCCCCCCCCCCCC(=O)OC[C@H](COP(=O)(O)OC[C@@H](O)COP(=O)(O)OC[C@@H](COC(=O)CCCCCCCCCCCCCC)OC(=O)CCCCCCCCCCCCCCC)OC(=O)CCCCCCCCCCCCCCCCC(C)C. The van der Waals surface area contributed by atoms with Crippen molar-refractivity contribution < 1.29 is 80.2 Å². The number of carbonyl (C=O) groups excluding carboxylic acids is 4. The second kappa shape index (κ2) is 73.0. The highest BCUT2D eigenvalue weighted by Gasteiger charge is 2.30. The van der Waals surface area contributed by atoms with Crippen molar-refractivity contribution in [3.05, 3.63) is 0 Å². The van der Waals surface area contributed by atoms with E-state index >= 15 is 0 Å². The highest BCUT2D eigenvalue weighted by molar-refractivity contribution is 7.47. The lowest BCUT2D eigenvalue weighted by atomic mass is 10.0. The molecule has 0 aromatic rings. The van der Waals surface area contributed by atoms with E-state index in [4.69, 9.17) is 37.0 Å². The van der Waals surface area contributed by atoms with E-state index in [2.05, 4.69) is 34.6 Å². The van der Waals surface area contributed by atoms with Gasteiger partial charge in [-0.3, -0.25) is 37.3 Å². The molecular weight excluding hydrogens is 1290 g/mol. The molecule has 0 aliphatic rings. The number of aliphatic hydroxyl groups is 1. The van der Waals surface area contributed by atoms with Gasteiger partial charge in [0.05, 0.1) is 26.4 Å². The van der Waals surface area contributed by atoms with Gasteiger partial charge in [-0.2, -0.15) is 0 Å². The molecule has 99 heavy (non-hydrogen) atoms. The molecule has 588 valence electrons. The molecule has 0 fully saturated rings. The fraction of sp³-hybridized carbons (Fsp3) is 0.950. The predicted molar refractivity (Wildman–Crippen MR) is 405 cm³/mol. The first-order chi connectivity index (χ1) is 48.0.